The summed E-state index contributed by atoms with van der Waals surface area (Å²) in [5.41, 5.74) is -1.89. The van der Waals surface area contributed by atoms with Gasteiger partial charge in [-0.1, -0.05) is 13.8 Å². The number of hydrogen-bond donors (Lipinski definition) is 2. The van der Waals surface area contributed by atoms with Crippen molar-refractivity contribution in [1.29, 1.82) is 0 Å². The van der Waals surface area contributed by atoms with Gasteiger partial charge in [-0.3, -0.25) is 0 Å². The Bertz CT molecular complexity index is 270. The zero-order valence-electron chi connectivity index (χ0n) is 11.2. The molecule has 5 heteroatoms. The van der Waals surface area contributed by atoms with E-state index < -0.39 is 23.8 Å². The Morgan fingerprint density at radius 3 is 2.24 bits per heavy atom. The van der Waals surface area contributed by atoms with E-state index in [2.05, 4.69) is 5.32 Å². The van der Waals surface area contributed by atoms with Crippen molar-refractivity contribution in [3.8, 4) is 0 Å². The minimum atomic E-state index is -1.25. The fourth-order valence-electron chi connectivity index (χ4n) is 1.51. The number of amides is 1. The monoisotopic (exact) mass is 245 g/mol. The normalized spacial score (nSPS) is 15.2. The number of aliphatic hydroxyl groups is 1. The third-order valence-corrected chi connectivity index (χ3v) is 2.03. The predicted molar refractivity (Wildman–Crippen MR) is 64.7 cm³/mol. The first-order chi connectivity index (χ1) is 7.64. The Morgan fingerprint density at radius 1 is 1.41 bits per heavy atom. The van der Waals surface area contributed by atoms with Crippen LogP contribution in [-0.4, -0.2) is 35.2 Å². The Labute approximate surface area is 103 Å². The lowest BCUT2D eigenvalue weighted by Crippen LogP contribution is -2.54. The van der Waals surface area contributed by atoms with E-state index in [1.165, 1.54) is 0 Å². The standard InChI is InChI=1S/C12H23NO4/c1-9(2)6-12(7-14,8-15)13-10(16)17-11(3,4)5/h7,9,15H,6,8H2,1-5H3,(H,13,16)/t12-/m0/s1. The third-order valence-electron chi connectivity index (χ3n) is 2.03. The molecule has 0 bridgehead atoms. The summed E-state index contributed by atoms with van der Waals surface area (Å²) in [7, 11) is 0. The Balaban J connectivity index is 4.65. The molecule has 0 aliphatic rings. The van der Waals surface area contributed by atoms with Crippen LogP contribution in [0.25, 0.3) is 0 Å². The van der Waals surface area contributed by atoms with Crippen molar-refractivity contribution >= 4 is 12.4 Å². The lowest BCUT2D eigenvalue weighted by molar-refractivity contribution is -0.115. The first-order valence-electron chi connectivity index (χ1n) is 5.72. The van der Waals surface area contributed by atoms with Gasteiger partial charge < -0.3 is 20.0 Å². The molecule has 0 unspecified atom stereocenters. The highest BCUT2D eigenvalue weighted by atomic mass is 16.6. The second-order valence-corrected chi connectivity index (χ2v) is 5.66. The zero-order valence-corrected chi connectivity index (χ0v) is 11.2. The van der Waals surface area contributed by atoms with Crippen LogP contribution in [0.15, 0.2) is 0 Å². The number of rotatable bonds is 5. The number of hydrogen-bond acceptors (Lipinski definition) is 4. The van der Waals surface area contributed by atoms with Crippen LogP contribution in [0.1, 0.15) is 41.0 Å². The molecule has 0 aromatic rings. The first kappa shape index (κ1) is 15.9. The van der Waals surface area contributed by atoms with Crippen LogP contribution < -0.4 is 5.32 Å². The third kappa shape index (κ3) is 6.26. The second kappa shape index (κ2) is 6.00. The summed E-state index contributed by atoms with van der Waals surface area (Å²) >= 11 is 0. The number of carbonyl (C=O) groups excluding carboxylic acids is 2. The number of aliphatic hydroxyl groups excluding tert-OH is 1. The molecule has 5 nitrogen and oxygen atoms in total. The minimum absolute atomic E-state index is 0.169. The van der Waals surface area contributed by atoms with Gasteiger partial charge in [0.1, 0.15) is 17.4 Å². The van der Waals surface area contributed by atoms with Crippen LogP contribution in [0.4, 0.5) is 4.79 Å². The quantitative estimate of drug-likeness (QED) is 0.719. The summed E-state index contributed by atoms with van der Waals surface area (Å²) in [4.78, 5) is 22.6. The molecular weight excluding hydrogens is 222 g/mol. The summed E-state index contributed by atoms with van der Waals surface area (Å²) in [5, 5.41) is 11.7. The fourth-order valence-corrected chi connectivity index (χ4v) is 1.51. The Hall–Kier alpha value is -1.10. The van der Waals surface area contributed by atoms with E-state index in [1.54, 1.807) is 20.8 Å². The van der Waals surface area contributed by atoms with Gasteiger partial charge in [0.15, 0.2) is 0 Å². The lowest BCUT2D eigenvalue weighted by Gasteiger charge is -2.30. The number of nitrogens with one attached hydrogen (secondary N) is 1. The molecule has 0 aliphatic heterocycles. The van der Waals surface area contributed by atoms with Crippen molar-refractivity contribution in [3.05, 3.63) is 0 Å². The first-order valence-corrected chi connectivity index (χ1v) is 5.72. The molecule has 0 saturated carbocycles. The summed E-state index contributed by atoms with van der Waals surface area (Å²) in [6.45, 7) is 8.58. The molecule has 100 valence electrons. The van der Waals surface area contributed by atoms with Crippen molar-refractivity contribution in [2.24, 2.45) is 5.92 Å². The molecule has 0 aliphatic carbocycles. The van der Waals surface area contributed by atoms with E-state index in [0.29, 0.717) is 12.7 Å². The maximum Gasteiger partial charge on any atom is 0.408 e. The van der Waals surface area contributed by atoms with Crippen LogP contribution >= 0.6 is 0 Å². The average Bonchev–Trinajstić information content (AvgIpc) is 2.12. The number of carbonyl (C=O) groups is 2. The van der Waals surface area contributed by atoms with Crippen molar-refractivity contribution in [2.75, 3.05) is 6.61 Å². The van der Waals surface area contributed by atoms with Gasteiger partial charge >= 0.3 is 6.09 Å². The number of alkyl carbamates (subject to hydrolysis) is 1. The molecule has 1 atom stereocenters. The second-order valence-electron chi connectivity index (χ2n) is 5.66. The maximum atomic E-state index is 11.6. The largest absolute Gasteiger partial charge is 0.444 e. The molecule has 0 radical (unpaired) electrons. The van der Waals surface area contributed by atoms with Crippen molar-refractivity contribution in [2.45, 2.75) is 52.2 Å². The number of ether oxygens (including phenoxy) is 1. The maximum absolute atomic E-state index is 11.6. The van der Waals surface area contributed by atoms with Crippen LogP contribution in [0, 0.1) is 5.92 Å². The van der Waals surface area contributed by atoms with Crippen molar-refractivity contribution in [3.63, 3.8) is 0 Å². The van der Waals surface area contributed by atoms with E-state index >= 15 is 0 Å². The highest BCUT2D eigenvalue weighted by Crippen LogP contribution is 2.16. The van der Waals surface area contributed by atoms with Crippen LogP contribution in [0.3, 0.4) is 0 Å². The smallest absolute Gasteiger partial charge is 0.408 e. The Morgan fingerprint density at radius 2 is 1.94 bits per heavy atom. The molecule has 0 saturated heterocycles. The predicted octanol–water partition coefficient (Wildman–Crippen LogP) is 1.49. The lowest BCUT2D eigenvalue weighted by atomic mass is 9.91. The van der Waals surface area contributed by atoms with Gasteiger partial charge in [-0.05, 0) is 33.1 Å². The summed E-state index contributed by atoms with van der Waals surface area (Å²) < 4.78 is 5.06. The molecule has 0 fully saturated rings. The van der Waals surface area contributed by atoms with Gasteiger partial charge in [-0.15, -0.1) is 0 Å². The van der Waals surface area contributed by atoms with Gasteiger partial charge in [0.2, 0.25) is 0 Å². The van der Waals surface area contributed by atoms with E-state index in [-0.39, 0.29) is 5.92 Å². The highest BCUT2D eigenvalue weighted by Gasteiger charge is 2.33. The molecule has 1 amide bonds. The van der Waals surface area contributed by atoms with Gasteiger partial charge in [0.25, 0.3) is 0 Å². The minimum Gasteiger partial charge on any atom is -0.444 e. The Kier molecular flexibility index (Phi) is 5.61. The van der Waals surface area contributed by atoms with E-state index in [0.717, 1.165) is 0 Å². The van der Waals surface area contributed by atoms with Gasteiger partial charge in [0.05, 0.1) is 6.61 Å². The summed E-state index contributed by atoms with van der Waals surface area (Å²) in [6, 6.07) is 0. The molecule has 0 spiro atoms. The average molecular weight is 245 g/mol. The van der Waals surface area contributed by atoms with Crippen molar-refractivity contribution < 1.29 is 19.4 Å². The van der Waals surface area contributed by atoms with Crippen molar-refractivity contribution in [1.82, 2.24) is 5.32 Å². The molecule has 0 rings (SSSR count). The molecule has 0 aromatic carbocycles. The zero-order chi connectivity index (χ0) is 13.7. The molecule has 0 heterocycles. The molecule has 0 aromatic heterocycles. The van der Waals surface area contributed by atoms with E-state index in [4.69, 9.17) is 4.74 Å². The fraction of sp³-hybridized carbons (Fsp3) is 0.833. The van der Waals surface area contributed by atoms with Crippen LogP contribution in [0.5, 0.6) is 0 Å². The SMILES string of the molecule is CC(C)C[C@](C=O)(CO)NC(=O)OC(C)(C)C. The van der Waals surface area contributed by atoms with Gasteiger partial charge in [0, 0.05) is 0 Å². The van der Waals surface area contributed by atoms with E-state index in [1.807, 2.05) is 13.8 Å². The molecule has 17 heavy (non-hydrogen) atoms. The summed E-state index contributed by atoms with van der Waals surface area (Å²) in [5.74, 6) is 0.169. The van der Waals surface area contributed by atoms with Gasteiger partial charge in [-0.2, -0.15) is 0 Å². The van der Waals surface area contributed by atoms with E-state index in [9.17, 15) is 14.7 Å². The highest BCUT2D eigenvalue weighted by molar-refractivity contribution is 5.76. The van der Waals surface area contributed by atoms with Crippen LogP contribution in [0.2, 0.25) is 0 Å². The molecule has 2 N–H and O–H groups in total. The summed E-state index contributed by atoms with van der Waals surface area (Å²) in [6.07, 6.45) is 0.239. The number of aldehydes is 1. The molecular formula is C12H23NO4. The van der Waals surface area contributed by atoms with Gasteiger partial charge in [-0.25, -0.2) is 4.79 Å². The van der Waals surface area contributed by atoms with Crippen LogP contribution in [-0.2, 0) is 9.53 Å². The topological polar surface area (TPSA) is 75.6 Å².